The van der Waals surface area contributed by atoms with Gasteiger partial charge in [0.2, 0.25) is 5.95 Å². The van der Waals surface area contributed by atoms with Gasteiger partial charge in [-0.1, -0.05) is 13.8 Å². The predicted molar refractivity (Wildman–Crippen MR) is 133 cm³/mol. The van der Waals surface area contributed by atoms with Gasteiger partial charge in [-0.3, -0.25) is 4.98 Å². The minimum absolute atomic E-state index is 0.180. The lowest BCUT2D eigenvalue weighted by molar-refractivity contribution is 0.00446. The zero-order valence-electron chi connectivity index (χ0n) is 19.9. The first-order valence-electron chi connectivity index (χ1n) is 11.8. The van der Waals surface area contributed by atoms with Crippen LogP contribution < -0.4 is 10.6 Å². The number of thiazole rings is 1. The van der Waals surface area contributed by atoms with Gasteiger partial charge in [-0.2, -0.15) is 4.98 Å². The van der Waals surface area contributed by atoms with Gasteiger partial charge in [0, 0.05) is 25.3 Å². The van der Waals surface area contributed by atoms with E-state index in [-0.39, 0.29) is 12.5 Å². The third-order valence-electron chi connectivity index (χ3n) is 7.38. The number of aliphatic hydroxyl groups excluding tert-OH is 3. The molecule has 0 amide bonds. The summed E-state index contributed by atoms with van der Waals surface area (Å²) in [4.78, 5) is 18.7. The van der Waals surface area contributed by atoms with Crippen LogP contribution in [-0.4, -0.2) is 66.7 Å². The maximum absolute atomic E-state index is 10.6. The highest BCUT2D eigenvalue weighted by Gasteiger charge is 2.45. The summed E-state index contributed by atoms with van der Waals surface area (Å²) in [7, 11) is 0. The van der Waals surface area contributed by atoms with Gasteiger partial charge in [0.15, 0.2) is 0 Å². The first-order chi connectivity index (χ1) is 16.2. The van der Waals surface area contributed by atoms with Crippen LogP contribution >= 0.6 is 11.3 Å². The Hall–Kier alpha value is -2.40. The van der Waals surface area contributed by atoms with E-state index in [1.54, 1.807) is 17.5 Å². The van der Waals surface area contributed by atoms with Gasteiger partial charge in [0.1, 0.15) is 22.4 Å². The zero-order chi connectivity index (χ0) is 24.2. The number of aromatic nitrogens is 4. The SMILES string of the molecule is Cc1nc(NCC2CC2(C)C)nc(NC2C[C@H](CO)[C@@H](O)[C@H]2O)c1-c1nc2c(C)nccc2s1. The fraction of sp³-hybridized carbons (Fsp3) is 0.583. The quantitative estimate of drug-likeness (QED) is 0.343. The van der Waals surface area contributed by atoms with Crippen molar-refractivity contribution in [1.29, 1.82) is 0 Å². The monoisotopic (exact) mass is 484 g/mol. The molecule has 10 heteroatoms. The molecule has 34 heavy (non-hydrogen) atoms. The summed E-state index contributed by atoms with van der Waals surface area (Å²) < 4.78 is 1.03. The Bertz CT molecular complexity index is 1210. The number of fused-ring (bicyclic) bond motifs is 1. The molecule has 3 aromatic heterocycles. The van der Waals surface area contributed by atoms with E-state index in [0.717, 1.165) is 38.7 Å². The average Bonchev–Trinajstić information content (AvgIpc) is 3.08. The summed E-state index contributed by atoms with van der Waals surface area (Å²) in [5.74, 6) is 1.29. The number of hydrogen-bond acceptors (Lipinski definition) is 10. The fourth-order valence-corrected chi connectivity index (χ4v) is 5.98. The van der Waals surface area contributed by atoms with Gasteiger partial charge in [-0.25, -0.2) is 9.97 Å². The van der Waals surface area contributed by atoms with E-state index in [1.165, 1.54) is 6.42 Å². The van der Waals surface area contributed by atoms with E-state index in [2.05, 4.69) is 29.5 Å². The number of aliphatic hydroxyl groups is 3. The molecule has 0 spiro atoms. The lowest BCUT2D eigenvalue weighted by atomic mass is 10.1. The highest BCUT2D eigenvalue weighted by Crippen LogP contribution is 2.51. The maximum Gasteiger partial charge on any atom is 0.224 e. The zero-order valence-corrected chi connectivity index (χ0v) is 20.7. The second kappa shape index (κ2) is 8.67. The number of aryl methyl sites for hydroxylation is 2. The van der Waals surface area contributed by atoms with Crippen molar-refractivity contribution >= 4 is 33.3 Å². The number of pyridine rings is 1. The molecule has 0 aliphatic heterocycles. The van der Waals surface area contributed by atoms with E-state index < -0.39 is 18.2 Å². The Kier molecular flexibility index (Phi) is 5.96. The van der Waals surface area contributed by atoms with Crippen LogP contribution in [0.5, 0.6) is 0 Å². The van der Waals surface area contributed by atoms with Crippen molar-refractivity contribution in [3.05, 3.63) is 23.7 Å². The van der Waals surface area contributed by atoms with Crippen LogP contribution in [0.1, 0.15) is 38.1 Å². The molecule has 0 saturated heterocycles. The highest BCUT2D eigenvalue weighted by atomic mass is 32.1. The molecule has 5 rings (SSSR count). The summed E-state index contributed by atoms with van der Waals surface area (Å²) in [6.07, 6.45) is 1.39. The molecule has 182 valence electrons. The third kappa shape index (κ3) is 4.24. The first kappa shape index (κ1) is 23.3. The van der Waals surface area contributed by atoms with E-state index in [9.17, 15) is 15.3 Å². The van der Waals surface area contributed by atoms with Gasteiger partial charge >= 0.3 is 0 Å². The van der Waals surface area contributed by atoms with Gasteiger partial charge in [0.25, 0.3) is 0 Å². The summed E-state index contributed by atoms with van der Waals surface area (Å²) in [6.45, 7) is 9.01. The van der Waals surface area contributed by atoms with Crippen LogP contribution in [0.2, 0.25) is 0 Å². The van der Waals surface area contributed by atoms with Crippen LogP contribution in [0.4, 0.5) is 11.8 Å². The van der Waals surface area contributed by atoms with Crippen molar-refractivity contribution in [3.63, 3.8) is 0 Å². The number of rotatable bonds is 7. The normalized spacial score (nSPS) is 27.8. The van der Waals surface area contributed by atoms with Gasteiger partial charge in [0.05, 0.1) is 33.8 Å². The summed E-state index contributed by atoms with van der Waals surface area (Å²) in [6, 6.07) is 1.50. The first-order valence-corrected chi connectivity index (χ1v) is 12.6. The minimum Gasteiger partial charge on any atom is -0.396 e. The van der Waals surface area contributed by atoms with Gasteiger partial charge in [-0.05, 0) is 44.1 Å². The number of hydrogen-bond donors (Lipinski definition) is 5. The second-order valence-electron chi connectivity index (χ2n) is 10.3. The van der Waals surface area contributed by atoms with Crippen LogP contribution in [0.3, 0.4) is 0 Å². The standard InChI is InChI=1S/C24H32N6O3S/c1-11-17(22-29-18-12(2)25-6-5-16(18)34-22)21(28-15-7-13(10-31)19(32)20(15)33)30-23(27-11)26-9-14-8-24(14,3)4/h5-6,13-15,19-20,31-33H,7-10H2,1-4H3,(H2,26,27,28,30)/t13-,14?,15?,19-,20+/m1/s1. The molecule has 9 nitrogen and oxygen atoms in total. The minimum atomic E-state index is -1.01. The lowest BCUT2D eigenvalue weighted by Crippen LogP contribution is -2.35. The average molecular weight is 485 g/mol. The molecular formula is C24H32N6O3S. The Morgan fingerprint density at radius 3 is 2.53 bits per heavy atom. The number of anilines is 2. The molecule has 2 aliphatic carbocycles. The third-order valence-corrected chi connectivity index (χ3v) is 8.41. The summed E-state index contributed by atoms with van der Waals surface area (Å²) in [5.41, 5.74) is 3.60. The van der Waals surface area contributed by atoms with Crippen molar-refractivity contribution in [2.45, 2.75) is 58.8 Å². The van der Waals surface area contributed by atoms with Crippen molar-refractivity contribution in [2.75, 3.05) is 23.8 Å². The number of nitrogens with one attached hydrogen (secondary N) is 2. The predicted octanol–water partition coefficient (Wildman–Crippen LogP) is 2.74. The largest absolute Gasteiger partial charge is 0.396 e. The summed E-state index contributed by atoms with van der Waals surface area (Å²) >= 11 is 1.55. The van der Waals surface area contributed by atoms with Crippen LogP contribution in [-0.2, 0) is 0 Å². The van der Waals surface area contributed by atoms with Crippen LogP contribution in [0.15, 0.2) is 12.3 Å². The Balaban J connectivity index is 1.52. The molecular weight excluding hydrogens is 452 g/mol. The van der Waals surface area contributed by atoms with E-state index >= 15 is 0 Å². The fourth-order valence-electron chi connectivity index (χ4n) is 4.86. The van der Waals surface area contributed by atoms with E-state index in [0.29, 0.717) is 29.5 Å². The Morgan fingerprint density at radius 2 is 1.88 bits per heavy atom. The molecule has 0 bridgehead atoms. The molecule has 0 aromatic carbocycles. The molecule has 5 N–H and O–H groups in total. The van der Waals surface area contributed by atoms with Crippen molar-refractivity contribution < 1.29 is 15.3 Å². The van der Waals surface area contributed by atoms with Crippen LogP contribution in [0, 0.1) is 31.1 Å². The molecule has 2 fully saturated rings. The lowest BCUT2D eigenvalue weighted by Gasteiger charge is -2.21. The molecule has 0 radical (unpaired) electrons. The van der Waals surface area contributed by atoms with Crippen molar-refractivity contribution in [3.8, 4) is 10.6 Å². The second-order valence-corrected chi connectivity index (χ2v) is 11.3. The molecule has 3 heterocycles. The Labute approximate surface area is 202 Å². The Morgan fingerprint density at radius 1 is 1.12 bits per heavy atom. The maximum atomic E-state index is 10.6. The highest BCUT2D eigenvalue weighted by molar-refractivity contribution is 7.21. The topological polar surface area (TPSA) is 136 Å². The van der Waals surface area contributed by atoms with Crippen molar-refractivity contribution in [1.82, 2.24) is 19.9 Å². The van der Waals surface area contributed by atoms with E-state index in [4.69, 9.17) is 15.0 Å². The molecule has 5 atom stereocenters. The number of nitrogens with zero attached hydrogens (tertiary/aromatic N) is 4. The molecule has 2 unspecified atom stereocenters. The van der Waals surface area contributed by atoms with E-state index in [1.807, 2.05) is 19.9 Å². The molecule has 3 aromatic rings. The van der Waals surface area contributed by atoms with Gasteiger partial charge < -0.3 is 26.0 Å². The van der Waals surface area contributed by atoms with Crippen molar-refractivity contribution in [2.24, 2.45) is 17.3 Å². The molecule has 2 aliphatic rings. The smallest absolute Gasteiger partial charge is 0.224 e. The molecule has 2 saturated carbocycles. The van der Waals surface area contributed by atoms with Crippen LogP contribution in [0.25, 0.3) is 20.8 Å². The van der Waals surface area contributed by atoms with Gasteiger partial charge in [-0.15, -0.1) is 11.3 Å². The summed E-state index contributed by atoms with van der Waals surface area (Å²) in [5, 5.41) is 38.0.